The van der Waals surface area contributed by atoms with Crippen LogP contribution in [0.2, 0.25) is 0 Å². The lowest BCUT2D eigenvalue weighted by Gasteiger charge is -2.21. The van der Waals surface area contributed by atoms with E-state index in [0.717, 1.165) is 10.5 Å². The van der Waals surface area contributed by atoms with Crippen LogP contribution < -0.4 is 10.1 Å². The number of rotatable bonds is 7. The largest absolute Gasteiger partial charge is 0.496 e. The summed E-state index contributed by atoms with van der Waals surface area (Å²) in [5.74, 6) is -2.16. The highest BCUT2D eigenvalue weighted by atomic mass is 16.5. The smallest absolute Gasteiger partial charge is 0.329 e. The Hall–Kier alpha value is -3.16. The molecule has 1 aromatic rings. The van der Waals surface area contributed by atoms with Crippen molar-refractivity contribution in [2.24, 2.45) is 11.8 Å². The molecule has 1 fully saturated rings. The summed E-state index contributed by atoms with van der Waals surface area (Å²) < 4.78 is 10.2. The molecule has 1 aromatic carbocycles. The Morgan fingerprint density at radius 3 is 2.38 bits per heavy atom. The van der Waals surface area contributed by atoms with Gasteiger partial charge in [0.15, 0.2) is 6.61 Å². The quantitative estimate of drug-likeness (QED) is 0.419. The molecular formula is C21H24N2O6. The summed E-state index contributed by atoms with van der Waals surface area (Å²) in [4.78, 5) is 50.4. The molecule has 3 amide bonds. The van der Waals surface area contributed by atoms with E-state index in [1.54, 1.807) is 6.07 Å². The standard InChI is InChI=1S/C21H24N2O6/c1-13(23-19(25)15-8-4-5-9-16(15)20(23)26)21(27)29-12-18(24)22-11-14-7-3-6-10-17(14)28-2/h3-7,10,13,15-16H,8-9,11-12H2,1-2H3,(H,22,24)/t13-,15-,16-/m0/s1. The minimum absolute atomic E-state index is 0.218. The predicted molar refractivity (Wildman–Crippen MR) is 102 cm³/mol. The van der Waals surface area contributed by atoms with E-state index in [1.165, 1.54) is 14.0 Å². The second-order valence-corrected chi connectivity index (χ2v) is 7.07. The van der Waals surface area contributed by atoms with Crippen molar-refractivity contribution in [1.82, 2.24) is 10.2 Å². The molecule has 0 aromatic heterocycles. The first-order valence-corrected chi connectivity index (χ1v) is 9.51. The summed E-state index contributed by atoms with van der Waals surface area (Å²) in [5, 5.41) is 2.64. The minimum Gasteiger partial charge on any atom is -0.496 e. The summed E-state index contributed by atoms with van der Waals surface area (Å²) in [6, 6.07) is 6.16. The summed E-state index contributed by atoms with van der Waals surface area (Å²) in [5.41, 5.74) is 0.785. The zero-order chi connectivity index (χ0) is 21.0. The number of benzene rings is 1. The Kier molecular flexibility index (Phi) is 6.31. The highest BCUT2D eigenvalue weighted by Crippen LogP contribution is 2.36. The van der Waals surface area contributed by atoms with Crippen LogP contribution in [0.1, 0.15) is 25.3 Å². The maximum absolute atomic E-state index is 12.5. The zero-order valence-corrected chi connectivity index (χ0v) is 16.4. The number of esters is 1. The Balaban J connectivity index is 1.50. The fourth-order valence-corrected chi connectivity index (χ4v) is 3.66. The predicted octanol–water partition coefficient (Wildman–Crippen LogP) is 1.19. The lowest BCUT2D eigenvalue weighted by Crippen LogP contribution is -2.45. The van der Waals surface area contributed by atoms with Crippen LogP contribution in [0.3, 0.4) is 0 Å². The molecule has 8 nitrogen and oxygen atoms in total. The third kappa shape index (κ3) is 4.31. The molecule has 0 saturated carbocycles. The number of hydrogen-bond acceptors (Lipinski definition) is 6. The zero-order valence-electron chi connectivity index (χ0n) is 16.4. The molecule has 1 heterocycles. The van der Waals surface area contributed by atoms with E-state index in [-0.39, 0.29) is 18.4 Å². The number of carbonyl (C=O) groups is 4. The van der Waals surface area contributed by atoms with Crippen LogP contribution in [0, 0.1) is 11.8 Å². The van der Waals surface area contributed by atoms with Crippen LogP contribution >= 0.6 is 0 Å². The van der Waals surface area contributed by atoms with Crippen LogP contribution in [-0.2, 0) is 30.5 Å². The molecule has 1 N–H and O–H groups in total. The molecule has 154 valence electrons. The average Bonchev–Trinajstić information content (AvgIpc) is 3.00. The first-order valence-electron chi connectivity index (χ1n) is 9.51. The van der Waals surface area contributed by atoms with Gasteiger partial charge in [-0.25, -0.2) is 4.79 Å². The van der Waals surface area contributed by atoms with Crippen molar-refractivity contribution >= 4 is 23.7 Å². The van der Waals surface area contributed by atoms with Crippen LogP contribution in [0.15, 0.2) is 36.4 Å². The first-order chi connectivity index (χ1) is 13.9. The number of ether oxygens (including phenoxy) is 2. The molecule has 3 atom stereocenters. The van der Waals surface area contributed by atoms with Gasteiger partial charge in [0, 0.05) is 12.1 Å². The lowest BCUT2D eigenvalue weighted by atomic mass is 9.85. The number of methoxy groups -OCH3 is 1. The van der Waals surface area contributed by atoms with Crippen molar-refractivity contribution in [2.75, 3.05) is 13.7 Å². The third-order valence-corrected chi connectivity index (χ3v) is 5.28. The molecule has 0 unspecified atom stereocenters. The maximum atomic E-state index is 12.5. The Labute approximate surface area is 168 Å². The van der Waals surface area contributed by atoms with Crippen molar-refractivity contribution in [1.29, 1.82) is 0 Å². The molecule has 0 spiro atoms. The van der Waals surface area contributed by atoms with Crippen molar-refractivity contribution in [3.8, 4) is 5.75 Å². The average molecular weight is 400 g/mol. The van der Waals surface area contributed by atoms with E-state index in [1.807, 2.05) is 30.4 Å². The number of hydrogen-bond donors (Lipinski definition) is 1. The SMILES string of the molecule is COc1ccccc1CNC(=O)COC(=O)[C@H](C)N1C(=O)[C@H]2CC=CC[C@@H]2C1=O. The number of para-hydroxylation sites is 1. The molecule has 2 aliphatic rings. The highest BCUT2D eigenvalue weighted by Gasteiger charge is 2.50. The van der Waals surface area contributed by atoms with Crippen molar-refractivity contribution < 1.29 is 28.7 Å². The van der Waals surface area contributed by atoms with Gasteiger partial charge in [-0.05, 0) is 25.8 Å². The molecule has 0 bridgehead atoms. The molecule has 8 heteroatoms. The first kappa shape index (κ1) is 20.6. The van der Waals surface area contributed by atoms with Crippen LogP contribution in [0.25, 0.3) is 0 Å². The number of nitrogens with one attached hydrogen (secondary N) is 1. The van der Waals surface area contributed by atoms with Crippen LogP contribution in [-0.4, -0.2) is 48.3 Å². The van der Waals surface area contributed by atoms with Gasteiger partial charge in [-0.3, -0.25) is 19.3 Å². The molecule has 0 radical (unpaired) electrons. The number of allylic oxidation sites excluding steroid dienone is 2. The van der Waals surface area contributed by atoms with Crippen molar-refractivity contribution in [3.63, 3.8) is 0 Å². The fraction of sp³-hybridized carbons (Fsp3) is 0.429. The maximum Gasteiger partial charge on any atom is 0.329 e. The Morgan fingerprint density at radius 2 is 1.76 bits per heavy atom. The molecular weight excluding hydrogens is 376 g/mol. The molecule has 1 aliphatic carbocycles. The van der Waals surface area contributed by atoms with Gasteiger partial charge in [0.1, 0.15) is 11.8 Å². The number of carbonyl (C=O) groups excluding carboxylic acids is 4. The van der Waals surface area contributed by atoms with E-state index in [2.05, 4.69) is 5.32 Å². The van der Waals surface area contributed by atoms with E-state index in [9.17, 15) is 19.2 Å². The number of likely N-dealkylation sites (tertiary alicyclic amines) is 1. The lowest BCUT2D eigenvalue weighted by molar-refractivity contribution is -0.159. The summed E-state index contributed by atoms with van der Waals surface area (Å²) in [6.45, 7) is 1.16. The second kappa shape index (κ2) is 8.89. The Morgan fingerprint density at radius 1 is 1.14 bits per heavy atom. The fourth-order valence-electron chi connectivity index (χ4n) is 3.66. The number of fused-ring (bicyclic) bond motifs is 1. The number of amides is 3. The molecule has 1 aliphatic heterocycles. The molecule has 29 heavy (non-hydrogen) atoms. The van der Waals surface area contributed by atoms with Crippen molar-refractivity contribution in [2.45, 2.75) is 32.4 Å². The molecule has 3 rings (SSSR count). The number of nitrogens with zero attached hydrogens (tertiary/aromatic N) is 1. The van der Waals surface area contributed by atoms with Crippen LogP contribution in [0.5, 0.6) is 5.75 Å². The van der Waals surface area contributed by atoms with Gasteiger partial charge in [-0.15, -0.1) is 0 Å². The summed E-state index contributed by atoms with van der Waals surface area (Å²) in [7, 11) is 1.54. The summed E-state index contributed by atoms with van der Waals surface area (Å²) in [6.07, 6.45) is 4.76. The van der Waals surface area contributed by atoms with Gasteiger partial charge in [0.2, 0.25) is 11.8 Å². The highest BCUT2D eigenvalue weighted by molar-refractivity contribution is 6.08. The van der Waals surface area contributed by atoms with Crippen LogP contribution in [0.4, 0.5) is 0 Å². The van der Waals surface area contributed by atoms with Crippen molar-refractivity contribution in [3.05, 3.63) is 42.0 Å². The number of imide groups is 1. The van der Waals surface area contributed by atoms with E-state index in [4.69, 9.17) is 9.47 Å². The molecule has 1 saturated heterocycles. The van der Waals surface area contributed by atoms with Gasteiger partial charge in [0.05, 0.1) is 18.9 Å². The van der Waals surface area contributed by atoms with Gasteiger partial charge in [0.25, 0.3) is 5.91 Å². The monoisotopic (exact) mass is 400 g/mol. The van der Waals surface area contributed by atoms with Gasteiger partial charge in [-0.2, -0.15) is 0 Å². The van der Waals surface area contributed by atoms with E-state index < -0.39 is 36.4 Å². The Bertz CT molecular complexity index is 823. The van der Waals surface area contributed by atoms with E-state index >= 15 is 0 Å². The second-order valence-electron chi connectivity index (χ2n) is 7.07. The van der Waals surface area contributed by atoms with E-state index in [0.29, 0.717) is 18.6 Å². The summed E-state index contributed by atoms with van der Waals surface area (Å²) >= 11 is 0. The third-order valence-electron chi connectivity index (χ3n) is 5.28. The van der Waals surface area contributed by atoms with Gasteiger partial charge >= 0.3 is 5.97 Å². The minimum atomic E-state index is -1.07. The normalized spacial score (nSPS) is 21.5. The van der Waals surface area contributed by atoms with Gasteiger partial charge in [-0.1, -0.05) is 30.4 Å². The van der Waals surface area contributed by atoms with Gasteiger partial charge < -0.3 is 14.8 Å². The topological polar surface area (TPSA) is 102 Å².